The van der Waals surface area contributed by atoms with Gasteiger partial charge in [-0.2, -0.15) is 13.1 Å². The first-order valence-electron chi connectivity index (χ1n) is 6.50. The molecule has 1 aromatic rings. The molecule has 0 fully saturated rings. The van der Waals surface area contributed by atoms with Crippen LogP contribution in [0.2, 0.25) is 0 Å². The molecular formula is C14H19FN2O3S. The highest BCUT2D eigenvalue weighted by molar-refractivity contribution is 7.90. The van der Waals surface area contributed by atoms with Gasteiger partial charge in [-0.05, 0) is 24.1 Å². The average molecular weight is 314 g/mol. The van der Waals surface area contributed by atoms with Gasteiger partial charge in [0.1, 0.15) is 5.82 Å². The number of hydrogen-bond acceptors (Lipinski definition) is 3. The van der Waals surface area contributed by atoms with Crippen molar-refractivity contribution < 1.29 is 17.9 Å². The molecule has 0 spiro atoms. The van der Waals surface area contributed by atoms with Crippen LogP contribution in [0.3, 0.4) is 0 Å². The number of hydrogen-bond donors (Lipinski definition) is 3. The molecule has 7 heteroatoms. The van der Waals surface area contributed by atoms with Gasteiger partial charge in [-0.25, -0.2) is 4.39 Å². The standard InChI is InChI=1S/C14H19FN2O3S/c1-11(2)10-16-21(19,20)17-13-6-7-14(15)12(9-13)5-3-4-8-18/h6-7,9,11,16-18H,4,8,10H2,1-2H3. The van der Waals surface area contributed by atoms with Gasteiger partial charge >= 0.3 is 0 Å². The van der Waals surface area contributed by atoms with Gasteiger partial charge in [0.2, 0.25) is 0 Å². The van der Waals surface area contributed by atoms with Crippen molar-refractivity contribution in [2.45, 2.75) is 20.3 Å². The van der Waals surface area contributed by atoms with E-state index in [1.54, 1.807) is 0 Å². The lowest BCUT2D eigenvalue weighted by Gasteiger charge is -2.11. The van der Waals surface area contributed by atoms with Crippen LogP contribution in [-0.2, 0) is 10.2 Å². The monoisotopic (exact) mass is 314 g/mol. The van der Waals surface area contributed by atoms with Crippen LogP contribution in [0.1, 0.15) is 25.8 Å². The zero-order chi connectivity index (χ0) is 15.9. The van der Waals surface area contributed by atoms with E-state index in [0.29, 0.717) is 6.54 Å². The Morgan fingerprint density at radius 3 is 2.71 bits per heavy atom. The first-order chi connectivity index (χ1) is 9.84. The molecule has 0 amide bonds. The smallest absolute Gasteiger partial charge is 0.299 e. The second-order valence-corrected chi connectivity index (χ2v) is 6.32. The van der Waals surface area contributed by atoms with Gasteiger partial charge in [-0.3, -0.25) is 4.72 Å². The predicted molar refractivity (Wildman–Crippen MR) is 80.4 cm³/mol. The fourth-order valence-electron chi connectivity index (χ4n) is 1.37. The number of anilines is 1. The van der Waals surface area contributed by atoms with Gasteiger partial charge < -0.3 is 5.11 Å². The highest BCUT2D eigenvalue weighted by atomic mass is 32.2. The summed E-state index contributed by atoms with van der Waals surface area (Å²) in [6.45, 7) is 3.96. The van der Waals surface area contributed by atoms with Crippen molar-refractivity contribution in [1.82, 2.24) is 4.72 Å². The van der Waals surface area contributed by atoms with Crippen molar-refractivity contribution in [3.8, 4) is 11.8 Å². The number of aliphatic hydroxyl groups excluding tert-OH is 1. The predicted octanol–water partition coefficient (Wildman–Crippen LogP) is 1.46. The van der Waals surface area contributed by atoms with Crippen molar-refractivity contribution in [3.05, 3.63) is 29.6 Å². The lowest BCUT2D eigenvalue weighted by atomic mass is 10.2. The summed E-state index contributed by atoms with van der Waals surface area (Å²) in [6.07, 6.45) is 0.228. The summed E-state index contributed by atoms with van der Waals surface area (Å²) in [4.78, 5) is 0. The number of rotatable bonds is 6. The Labute approximate surface area is 124 Å². The quantitative estimate of drug-likeness (QED) is 0.696. The Morgan fingerprint density at radius 1 is 1.38 bits per heavy atom. The van der Waals surface area contributed by atoms with Crippen molar-refractivity contribution in [2.75, 3.05) is 17.9 Å². The molecule has 1 aromatic carbocycles. The van der Waals surface area contributed by atoms with E-state index < -0.39 is 16.0 Å². The second-order valence-electron chi connectivity index (χ2n) is 4.82. The van der Waals surface area contributed by atoms with Crippen molar-refractivity contribution >= 4 is 15.9 Å². The van der Waals surface area contributed by atoms with Crippen molar-refractivity contribution in [3.63, 3.8) is 0 Å². The van der Waals surface area contributed by atoms with E-state index in [1.165, 1.54) is 12.1 Å². The van der Waals surface area contributed by atoms with Crippen LogP contribution in [0, 0.1) is 23.6 Å². The molecule has 0 radical (unpaired) electrons. The molecule has 0 saturated heterocycles. The highest BCUT2D eigenvalue weighted by Gasteiger charge is 2.11. The summed E-state index contributed by atoms with van der Waals surface area (Å²) in [5, 5.41) is 8.63. The molecule has 0 aliphatic rings. The number of halogens is 1. The van der Waals surface area contributed by atoms with Crippen LogP contribution in [-0.4, -0.2) is 26.7 Å². The topological polar surface area (TPSA) is 78.4 Å². The zero-order valence-corrected chi connectivity index (χ0v) is 12.8. The van der Waals surface area contributed by atoms with Gasteiger partial charge in [0.05, 0.1) is 17.9 Å². The highest BCUT2D eigenvalue weighted by Crippen LogP contribution is 2.15. The van der Waals surface area contributed by atoms with E-state index >= 15 is 0 Å². The summed E-state index contributed by atoms with van der Waals surface area (Å²) in [5.74, 6) is 4.77. The van der Waals surface area contributed by atoms with E-state index in [2.05, 4.69) is 21.3 Å². The number of aliphatic hydroxyl groups is 1. The van der Waals surface area contributed by atoms with Gasteiger partial charge in [-0.15, -0.1) is 0 Å². The molecule has 21 heavy (non-hydrogen) atoms. The molecule has 5 nitrogen and oxygen atoms in total. The van der Waals surface area contributed by atoms with E-state index in [9.17, 15) is 12.8 Å². The minimum absolute atomic E-state index is 0.0764. The van der Waals surface area contributed by atoms with E-state index in [4.69, 9.17) is 5.11 Å². The average Bonchev–Trinajstić information content (AvgIpc) is 2.40. The van der Waals surface area contributed by atoms with Crippen LogP contribution in [0.4, 0.5) is 10.1 Å². The summed E-state index contributed by atoms with van der Waals surface area (Å²) in [5.41, 5.74) is 0.300. The minimum atomic E-state index is -3.70. The lowest BCUT2D eigenvalue weighted by Crippen LogP contribution is -2.32. The Hall–Kier alpha value is -1.62. The molecule has 3 N–H and O–H groups in total. The van der Waals surface area contributed by atoms with Crippen LogP contribution in [0.15, 0.2) is 18.2 Å². The second kappa shape index (κ2) is 7.98. The van der Waals surface area contributed by atoms with Gasteiger partial charge in [-0.1, -0.05) is 25.7 Å². The molecule has 1 rings (SSSR count). The molecular weight excluding hydrogens is 295 g/mol. The van der Waals surface area contributed by atoms with E-state index in [1.807, 2.05) is 13.8 Å². The van der Waals surface area contributed by atoms with Gasteiger partial charge in [0, 0.05) is 13.0 Å². The summed E-state index contributed by atoms with van der Waals surface area (Å²) in [7, 11) is -3.70. The SMILES string of the molecule is CC(C)CNS(=O)(=O)Nc1ccc(F)c(C#CCCO)c1. The fraction of sp³-hybridized carbons (Fsp3) is 0.429. The van der Waals surface area contributed by atoms with E-state index in [0.717, 1.165) is 6.07 Å². The molecule has 0 bridgehead atoms. The maximum atomic E-state index is 13.5. The number of benzene rings is 1. The van der Waals surface area contributed by atoms with Crippen molar-refractivity contribution in [1.29, 1.82) is 0 Å². The third-order valence-corrected chi connectivity index (χ3v) is 3.41. The molecule has 0 aromatic heterocycles. The van der Waals surface area contributed by atoms with Crippen molar-refractivity contribution in [2.24, 2.45) is 5.92 Å². The van der Waals surface area contributed by atoms with Gasteiger partial charge in [0.15, 0.2) is 0 Å². The molecule has 116 valence electrons. The summed E-state index contributed by atoms with van der Waals surface area (Å²) < 4.78 is 41.8. The van der Waals surface area contributed by atoms with Gasteiger partial charge in [0.25, 0.3) is 10.2 Å². The minimum Gasteiger partial charge on any atom is -0.395 e. The Bertz CT molecular complexity index is 633. The van der Waals surface area contributed by atoms with E-state index in [-0.39, 0.29) is 30.2 Å². The fourth-order valence-corrected chi connectivity index (χ4v) is 2.43. The molecule has 0 unspecified atom stereocenters. The summed E-state index contributed by atoms with van der Waals surface area (Å²) in [6, 6.07) is 3.78. The summed E-state index contributed by atoms with van der Waals surface area (Å²) >= 11 is 0. The van der Waals surface area contributed by atoms with Crippen LogP contribution < -0.4 is 9.44 Å². The molecule has 0 saturated carbocycles. The molecule has 0 atom stereocenters. The maximum absolute atomic E-state index is 13.5. The molecule has 0 aliphatic heterocycles. The third-order valence-electron chi connectivity index (χ3n) is 2.36. The van der Waals surface area contributed by atoms with Crippen LogP contribution in [0.5, 0.6) is 0 Å². The molecule has 0 aliphatic carbocycles. The van der Waals surface area contributed by atoms with Crippen LogP contribution >= 0.6 is 0 Å². The Balaban J connectivity index is 2.85. The number of nitrogens with one attached hydrogen (secondary N) is 2. The largest absolute Gasteiger partial charge is 0.395 e. The Morgan fingerprint density at radius 2 is 2.10 bits per heavy atom. The first kappa shape index (κ1) is 17.4. The maximum Gasteiger partial charge on any atom is 0.299 e. The third kappa shape index (κ3) is 6.58. The first-order valence-corrected chi connectivity index (χ1v) is 7.99. The normalized spacial score (nSPS) is 11.1. The zero-order valence-electron chi connectivity index (χ0n) is 12.0. The Kier molecular flexibility index (Phi) is 6.62. The van der Waals surface area contributed by atoms with Crippen LogP contribution in [0.25, 0.3) is 0 Å². The lowest BCUT2D eigenvalue weighted by molar-refractivity contribution is 0.305. The molecule has 0 heterocycles.